The van der Waals surface area contributed by atoms with Crippen LogP contribution in [0.3, 0.4) is 0 Å². The van der Waals surface area contributed by atoms with Gasteiger partial charge in [-0.25, -0.2) is 4.39 Å². The number of fused-ring (bicyclic) bond motifs is 1. The predicted molar refractivity (Wildman–Crippen MR) is 75.4 cm³/mol. The summed E-state index contributed by atoms with van der Waals surface area (Å²) < 4.78 is 15.7. The van der Waals surface area contributed by atoms with E-state index >= 15 is 0 Å². The molecule has 1 N–H and O–H groups in total. The van der Waals surface area contributed by atoms with Crippen LogP contribution in [0, 0.1) is 10.6 Å². The lowest BCUT2D eigenvalue weighted by molar-refractivity contribution is 0.627. The number of hydrogen-bond acceptors (Lipinski definition) is 2. The molecule has 0 amide bonds. The van der Waals surface area contributed by atoms with Crippen molar-refractivity contribution in [3.8, 4) is 0 Å². The highest BCUT2D eigenvalue weighted by atomic mass is 35.5. The van der Waals surface area contributed by atoms with E-state index in [1.54, 1.807) is 24.5 Å². The third-order valence-corrected chi connectivity index (χ3v) is 3.51. The van der Waals surface area contributed by atoms with E-state index in [2.05, 4.69) is 9.97 Å². The Morgan fingerprint density at radius 2 is 2.21 bits per heavy atom. The maximum absolute atomic E-state index is 13.1. The third-order valence-electron chi connectivity index (χ3n) is 2.90. The van der Waals surface area contributed by atoms with E-state index in [-0.39, 0.29) is 5.02 Å². The smallest absolute Gasteiger partial charge is 0.178 e. The van der Waals surface area contributed by atoms with Gasteiger partial charge in [0.2, 0.25) is 0 Å². The number of nitrogens with one attached hydrogen (secondary N) is 1. The Hall–Kier alpha value is -1.72. The average molecular weight is 294 g/mol. The van der Waals surface area contributed by atoms with Crippen molar-refractivity contribution < 1.29 is 4.39 Å². The molecule has 0 atom stereocenters. The van der Waals surface area contributed by atoms with E-state index in [0.717, 1.165) is 16.6 Å². The molecular weight excluding hydrogens is 285 g/mol. The second-order valence-electron chi connectivity index (χ2n) is 4.16. The third kappa shape index (κ3) is 2.27. The summed E-state index contributed by atoms with van der Waals surface area (Å²) in [4.78, 5) is 7.12. The summed E-state index contributed by atoms with van der Waals surface area (Å²) in [5.74, 6) is -0.419. The molecule has 0 saturated heterocycles. The van der Waals surface area contributed by atoms with Crippen LogP contribution >= 0.6 is 23.8 Å². The Bertz CT molecular complexity index is 809. The summed E-state index contributed by atoms with van der Waals surface area (Å²) in [5, 5.41) is 0.116. The van der Waals surface area contributed by atoms with Crippen molar-refractivity contribution in [1.29, 1.82) is 0 Å². The molecule has 0 unspecified atom stereocenters. The van der Waals surface area contributed by atoms with Crippen LogP contribution in [0.15, 0.2) is 36.7 Å². The van der Waals surface area contributed by atoms with Gasteiger partial charge in [0.25, 0.3) is 0 Å². The second-order valence-corrected chi connectivity index (χ2v) is 4.95. The van der Waals surface area contributed by atoms with Crippen LogP contribution in [-0.2, 0) is 6.54 Å². The van der Waals surface area contributed by atoms with Crippen LogP contribution in [-0.4, -0.2) is 14.5 Å². The van der Waals surface area contributed by atoms with Gasteiger partial charge >= 0.3 is 0 Å². The second kappa shape index (κ2) is 4.75. The minimum absolute atomic E-state index is 0.116. The first-order valence-electron chi connectivity index (χ1n) is 5.61. The van der Waals surface area contributed by atoms with Gasteiger partial charge in [0.05, 0.1) is 28.8 Å². The molecule has 19 heavy (non-hydrogen) atoms. The quantitative estimate of drug-likeness (QED) is 0.726. The van der Waals surface area contributed by atoms with Gasteiger partial charge in [-0.1, -0.05) is 17.7 Å². The number of aromatic amines is 1. The van der Waals surface area contributed by atoms with Gasteiger partial charge in [-0.15, -0.1) is 0 Å². The monoisotopic (exact) mass is 293 g/mol. The molecule has 2 heterocycles. The van der Waals surface area contributed by atoms with Crippen LogP contribution in [0.25, 0.3) is 11.0 Å². The molecule has 3 rings (SSSR count). The molecule has 96 valence electrons. The van der Waals surface area contributed by atoms with Crippen LogP contribution < -0.4 is 0 Å². The standard InChI is InChI=1S/C13H9ClFN3S/c14-9-5-8(1-2-10(9)15)7-18-12-3-4-16-6-11(12)17-13(18)19/h1-6H,7H2,(H,17,19). The van der Waals surface area contributed by atoms with Gasteiger partial charge in [0.1, 0.15) is 5.82 Å². The molecule has 0 saturated carbocycles. The summed E-state index contributed by atoms with van der Waals surface area (Å²) in [6, 6.07) is 6.55. The Balaban J connectivity index is 2.08. The van der Waals surface area contributed by atoms with Crippen LogP contribution in [0.2, 0.25) is 5.02 Å². The van der Waals surface area contributed by atoms with Gasteiger partial charge < -0.3 is 9.55 Å². The summed E-state index contributed by atoms with van der Waals surface area (Å²) in [6.45, 7) is 0.531. The van der Waals surface area contributed by atoms with E-state index < -0.39 is 5.82 Å². The first-order valence-corrected chi connectivity index (χ1v) is 6.40. The van der Waals surface area contributed by atoms with E-state index in [9.17, 15) is 4.39 Å². The largest absolute Gasteiger partial charge is 0.329 e. The minimum atomic E-state index is -0.419. The highest BCUT2D eigenvalue weighted by molar-refractivity contribution is 7.71. The number of pyridine rings is 1. The van der Waals surface area contributed by atoms with Crippen molar-refractivity contribution in [2.75, 3.05) is 0 Å². The first-order chi connectivity index (χ1) is 9.15. The molecule has 0 bridgehead atoms. The number of nitrogens with zero attached hydrogens (tertiary/aromatic N) is 2. The van der Waals surface area contributed by atoms with Gasteiger partial charge in [0.15, 0.2) is 4.77 Å². The number of halogens is 2. The van der Waals surface area contributed by atoms with Crippen molar-refractivity contribution in [2.24, 2.45) is 0 Å². The number of rotatable bonds is 2. The van der Waals surface area contributed by atoms with Crippen LogP contribution in [0.4, 0.5) is 4.39 Å². The SMILES string of the molecule is Fc1ccc(Cn2c(=S)[nH]c3cnccc32)cc1Cl. The van der Waals surface area contributed by atoms with Gasteiger partial charge in [-0.3, -0.25) is 4.98 Å². The van der Waals surface area contributed by atoms with Gasteiger partial charge in [-0.2, -0.15) is 0 Å². The fourth-order valence-electron chi connectivity index (χ4n) is 1.99. The molecule has 0 fully saturated rings. The van der Waals surface area contributed by atoms with Crippen molar-refractivity contribution in [3.63, 3.8) is 0 Å². The molecule has 0 radical (unpaired) electrons. The molecule has 3 aromatic rings. The Morgan fingerprint density at radius 3 is 3.00 bits per heavy atom. The van der Waals surface area contributed by atoms with Crippen LogP contribution in [0.1, 0.15) is 5.56 Å². The lowest BCUT2D eigenvalue weighted by atomic mass is 10.2. The summed E-state index contributed by atoms with van der Waals surface area (Å²) >= 11 is 11.1. The summed E-state index contributed by atoms with van der Waals surface area (Å²) in [7, 11) is 0. The number of aromatic nitrogens is 3. The predicted octanol–water partition coefficient (Wildman–Crippen LogP) is 3.93. The molecule has 0 aliphatic heterocycles. The molecular formula is C13H9ClFN3S. The molecule has 3 nitrogen and oxygen atoms in total. The number of benzene rings is 1. The van der Waals surface area contributed by atoms with E-state index in [1.165, 1.54) is 6.07 Å². The van der Waals surface area contributed by atoms with E-state index in [4.69, 9.17) is 23.8 Å². The first kappa shape index (κ1) is 12.3. The highest BCUT2D eigenvalue weighted by Gasteiger charge is 2.06. The van der Waals surface area contributed by atoms with Crippen LogP contribution in [0.5, 0.6) is 0 Å². The van der Waals surface area contributed by atoms with Crippen molar-refractivity contribution in [2.45, 2.75) is 6.54 Å². The highest BCUT2D eigenvalue weighted by Crippen LogP contribution is 2.19. The zero-order valence-electron chi connectivity index (χ0n) is 9.73. The molecule has 1 aromatic carbocycles. The minimum Gasteiger partial charge on any atom is -0.329 e. The summed E-state index contributed by atoms with van der Waals surface area (Å²) in [6.07, 6.45) is 3.43. The number of imidazole rings is 1. The molecule has 0 aliphatic rings. The topological polar surface area (TPSA) is 33.6 Å². The number of H-pyrrole nitrogens is 1. The Morgan fingerprint density at radius 1 is 1.37 bits per heavy atom. The lowest BCUT2D eigenvalue weighted by Gasteiger charge is -2.05. The maximum atomic E-state index is 13.1. The van der Waals surface area contributed by atoms with E-state index in [1.807, 2.05) is 10.6 Å². The van der Waals surface area contributed by atoms with Gasteiger partial charge in [0, 0.05) is 6.20 Å². The van der Waals surface area contributed by atoms with E-state index in [0.29, 0.717) is 11.3 Å². The lowest BCUT2D eigenvalue weighted by Crippen LogP contribution is -2.00. The van der Waals surface area contributed by atoms with Crippen molar-refractivity contribution in [3.05, 3.63) is 57.8 Å². The van der Waals surface area contributed by atoms with Crippen molar-refractivity contribution in [1.82, 2.24) is 14.5 Å². The average Bonchev–Trinajstić information content (AvgIpc) is 2.71. The van der Waals surface area contributed by atoms with Gasteiger partial charge in [-0.05, 0) is 36.0 Å². The normalized spacial score (nSPS) is 11.1. The number of hydrogen-bond donors (Lipinski definition) is 1. The fraction of sp³-hybridized carbons (Fsp3) is 0.0769. The zero-order valence-corrected chi connectivity index (χ0v) is 11.3. The maximum Gasteiger partial charge on any atom is 0.178 e. The van der Waals surface area contributed by atoms with Crippen molar-refractivity contribution >= 4 is 34.9 Å². The Kier molecular flexibility index (Phi) is 3.08. The molecule has 6 heteroatoms. The summed E-state index contributed by atoms with van der Waals surface area (Å²) in [5.41, 5.74) is 2.72. The molecule has 2 aromatic heterocycles. The fourth-order valence-corrected chi connectivity index (χ4v) is 2.46. The zero-order chi connectivity index (χ0) is 13.4. The molecule has 0 spiro atoms. The Labute approximate surface area is 118 Å². The molecule has 0 aliphatic carbocycles.